The molecule has 0 radical (unpaired) electrons. The number of ether oxygens (including phenoxy) is 1. The Bertz CT molecular complexity index is 104. The first kappa shape index (κ1) is 10.7. The Morgan fingerprint density at radius 3 is 1.25 bits per heavy atom. The van der Waals surface area contributed by atoms with E-state index in [-0.39, 0.29) is 0 Å². The Morgan fingerprint density at radius 2 is 1.25 bits per heavy atom. The van der Waals surface area contributed by atoms with Gasteiger partial charge in [0, 0.05) is 24.6 Å². The van der Waals surface area contributed by atoms with Gasteiger partial charge in [0.25, 0.3) is 0 Å². The lowest BCUT2D eigenvalue weighted by atomic mass is 11.6. The van der Waals surface area contributed by atoms with Gasteiger partial charge in [-0.15, -0.1) is 0 Å². The van der Waals surface area contributed by atoms with Crippen LogP contribution >= 0.6 is 0 Å². The minimum atomic E-state index is -5.17. The summed E-state index contributed by atoms with van der Waals surface area (Å²) in [5.41, 5.74) is 0. The van der Waals surface area contributed by atoms with Gasteiger partial charge in [0.2, 0.25) is 0 Å². The van der Waals surface area contributed by atoms with E-state index in [2.05, 4.69) is 4.74 Å². The van der Waals surface area contributed by atoms with Crippen LogP contribution < -0.4 is 0 Å². The Hall–Kier alpha value is -0.170. The quantitative estimate of drug-likeness (QED) is 0.317. The molecular weight excluding hydrogens is 136 g/mol. The summed E-state index contributed by atoms with van der Waals surface area (Å²) in [5.74, 6) is 0. The molecule has 0 bridgehead atoms. The van der Waals surface area contributed by atoms with Gasteiger partial charge in [-0.3, -0.25) is 8.42 Å². The van der Waals surface area contributed by atoms with E-state index < -0.39 is 10.4 Å². The van der Waals surface area contributed by atoms with Crippen LogP contribution in [0.3, 0.4) is 0 Å². The molecule has 0 aliphatic heterocycles. The van der Waals surface area contributed by atoms with Gasteiger partial charge in [0.1, 0.15) is 0 Å². The topological polar surface area (TPSA) is 89.5 Å². The van der Waals surface area contributed by atoms with Crippen molar-refractivity contribution >= 4 is 10.4 Å². The molecule has 0 N–H and O–H groups in total. The fourth-order valence-corrected chi connectivity index (χ4v) is 0. The molecule has 0 saturated carbocycles. The summed E-state index contributed by atoms with van der Waals surface area (Å²) in [6, 6.07) is 0. The highest BCUT2D eigenvalue weighted by atomic mass is 32.3. The van der Waals surface area contributed by atoms with Crippen molar-refractivity contribution < 1.29 is 22.3 Å². The van der Waals surface area contributed by atoms with Crippen LogP contribution in [0.2, 0.25) is 0 Å². The van der Waals surface area contributed by atoms with E-state index in [0.717, 1.165) is 0 Å². The summed E-state index contributed by atoms with van der Waals surface area (Å²) in [6.07, 6.45) is 0. The molecule has 0 atom stereocenters. The number of hydrogen-bond acceptors (Lipinski definition) is 5. The average molecular weight is 142 g/mol. The van der Waals surface area contributed by atoms with Crippen LogP contribution in [0, 0.1) is 0 Å². The zero-order chi connectivity index (χ0) is 7.21. The van der Waals surface area contributed by atoms with Crippen LogP contribution in [0.15, 0.2) is 0 Å². The van der Waals surface area contributed by atoms with Gasteiger partial charge < -0.3 is 13.8 Å². The fourth-order valence-electron chi connectivity index (χ4n) is 0. The van der Waals surface area contributed by atoms with E-state index in [1.165, 1.54) is 0 Å². The lowest BCUT2D eigenvalue weighted by Crippen LogP contribution is -1.91. The van der Waals surface area contributed by atoms with Crippen molar-refractivity contribution in [2.45, 2.75) is 0 Å². The van der Waals surface area contributed by atoms with Gasteiger partial charge in [-0.2, -0.15) is 0 Å². The Kier molecular flexibility index (Phi) is 6.68. The molecule has 0 aliphatic carbocycles. The van der Waals surface area contributed by atoms with E-state index in [4.69, 9.17) is 17.5 Å². The van der Waals surface area contributed by atoms with Crippen molar-refractivity contribution in [2.75, 3.05) is 14.2 Å². The molecule has 0 aromatic heterocycles. The Balaban J connectivity index is 0. The van der Waals surface area contributed by atoms with Crippen LogP contribution in [0.4, 0.5) is 0 Å². The maximum Gasteiger partial charge on any atom is 0.0351 e. The van der Waals surface area contributed by atoms with Crippen molar-refractivity contribution in [1.29, 1.82) is 0 Å². The standard InChI is InChI=1S/C2H6O.H2O4S/c1-3-2;1-5(2,3)4/h1-2H3;(H2,1,2,3,4)/p-2. The zero-order valence-corrected chi connectivity index (χ0v) is 5.27. The third-order valence-corrected chi connectivity index (χ3v) is 0. The molecule has 5 nitrogen and oxygen atoms in total. The summed E-state index contributed by atoms with van der Waals surface area (Å²) < 4.78 is 38.3. The fraction of sp³-hybridized carbons (Fsp3) is 1.00. The summed E-state index contributed by atoms with van der Waals surface area (Å²) in [4.78, 5) is 0. The van der Waals surface area contributed by atoms with Crippen molar-refractivity contribution in [2.24, 2.45) is 0 Å². The van der Waals surface area contributed by atoms with Crippen molar-refractivity contribution in [1.82, 2.24) is 0 Å². The molecule has 0 aromatic rings. The van der Waals surface area contributed by atoms with E-state index in [9.17, 15) is 0 Å². The zero-order valence-electron chi connectivity index (χ0n) is 4.45. The molecule has 0 heterocycles. The molecular formula is C2H6O5S-2. The monoisotopic (exact) mass is 142 g/mol. The molecule has 0 unspecified atom stereocenters. The van der Waals surface area contributed by atoms with Crippen molar-refractivity contribution in [3.63, 3.8) is 0 Å². The Morgan fingerprint density at radius 1 is 1.25 bits per heavy atom. The van der Waals surface area contributed by atoms with Crippen LogP contribution in [0.25, 0.3) is 0 Å². The maximum atomic E-state index is 8.52. The van der Waals surface area contributed by atoms with Gasteiger partial charge in [-0.25, -0.2) is 0 Å². The lowest BCUT2D eigenvalue weighted by Gasteiger charge is -2.06. The second kappa shape index (κ2) is 4.98. The number of methoxy groups -OCH3 is 1. The predicted octanol–water partition coefficient (Wildman–Crippen LogP) is -1.08. The predicted molar refractivity (Wildman–Crippen MR) is 23.4 cm³/mol. The Labute approximate surface area is 47.9 Å². The first-order valence-corrected chi connectivity index (χ1v) is 2.82. The van der Waals surface area contributed by atoms with Crippen LogP contribution in [-0.4, -0.2) is 31.7 Å². The highest BCUT2D eigenvalue weighted by Gasteiger charge is 1.49. The lowest BCUT2D eigenvalue weighted by molar-refractivity contribution is 0.277. The second-order valence-electron chi connectivity index (χ2n) is 0.816. The molecule has 0 saturated heterocycles. The molecule has 52 valence electrons. The molecule has 0 aliphatic rings. The SMILES string of the molecule is COC.O=S(=O)([O-])[O-]. The van der Waals surface area contributed by atoms with Crippen LogP contribution in [-0.2, 0) is 15.1 Å². The minimum Gasteiger partial charge on any atom is -0.759 e. The van der Waals surface area contributed by atoms with E-state index in [0.29, 0.717) is 0 Å². The van der Waals surface area contributed by atoms with E-state index >= 15 is 0 Å². The molecule has 0 amide bonds. The third-order valence-electron chi connectivity index (χ3n) is 0. The normalized spacial score (nSPS) is 9.50. The van der Waals surface area contributed by atoms with E-state index in [1.807, 2.05) is 0 Å². The molecule has 6 heteroatoms. The number of rotatable bonds is 0. The van der Waals surface area contributed by atoms with Crippen molar-refractivity contribution in [3.05, 3.63) is 0 Å². The first-order chi connectivity index (χ1) is 3.41. The van der Waals surface area contributed by atoms with Gasteiger partial charge in [0.05, 0.1) is 0 Å². The molecule has 8 heavy (non-hydrogen) atoms. The molecule has 0 aromatic carbocycles. The summed E-state index contributed by atoms with van der Waals surface area (Å²) in [6.45, 7) is 0. The van der Waals surface area contributed by atoms with E-state index in [1.54, 1.807) is 14.2 Å². The smallest absolute Gasteiger partial charge is 0.0351 e. The highest BCUT2D eigenvalue weighted by Crippen LogP contribution is 1.57. The molecule has 0 spiro atoms. The second-order valence-corrected chi connectivity index (χ2v) is 1.63. The van der Waals surface area contributed by atoms with Gasteiger partial charge in [-0.05, 0) is 0 Å². The summed E-state index contributed by atoms with van der Waals surface area (Å²) >= 11 is 0. The number of hydrogen-bond donors (Lipinski definition) is 0. The first-order valence-electron chi connectivity index (χ1n) is 1.48. The molecule has 0 fully saturated rings. The largest absolute Gasteiger partial charge is 0.759 e. The maximum absolute atomic E-state index is 8.52. The van der Waals surface area contributed by atoms with Crippen LogP contribution in [0.1, 0.15) is 0 Å². The average Bonchev–Trinajstić information content (AvgIpc) is 1.27. The molecule has 0 rings (SSSR count). The summed E-state index contributed by atoms with van der Waals surface area (Å²) in [7, 11) is -1.92. The highest BCUT2D eigenvalue weighted by molar-refractivity contribution is 7.79. The minimum absolute atomic E-state index is 1.62. The summed E-state index contributed by atoms with van der Waals surface area (Å²) in [5, 5.41) is 0. The van der Waals surface area contributed by atoms with Gasteiger partial charge in [0.15, 0.2) is 0 Å². The van der Waals surface area contributed by atoms with Gasteiger partial charge >= 0.3 is 0 Å². The third kappa shape index (κ3) is 4710. The van der Waals surface area contributed by atoms with Crippen molar-refractivity contribution in [3.8, 4) is 0 Å². The van der Waals surface area contributed by atoms with Crippen LogP contribution in [0.5, 0.6) is 0 Å². The van der Waals surface area contributed by atoms with Gasteiger partial charge in [-0.1, -0.05) is 0 Å².